The molecule has 1 saturated heterocycles. The van der Waals surface area contributed by atoms with E-state index in [4.69, 9.17) is 10.2 Å². The Kier molecular flexibility index (Phi) is 5.53. The van der Waals surface area contributed by atoms with E-state index in [0.717, 1.165) is 43.3 Å². The highest BCUT2D eigenvalue weighted by molar-refractivity contribution is 6.05. The number of carbonyl (C=O) groups excluding carboxylic acids is 1. The molecule has 5 nitrogen and oxygen atoms in total. The predicted octanol–water partition coefficient (Wildman–Crippen LogP) is 5.22. The lowest BCUT2D eigenvalue weighted by Crippen LogP contribution is -2.34. The Labute approximate surface area is 172 Å². The smallest absolute Gasteiger partial charge is 0.416 e. The molecule has 1 unspecified atom stereocenters. The van der Waals surface area contributed by atoms with Gasteiger partial charge in [-0.25, -0.2) is 0 Å². The molecule has 0 saturated carbocycles. The van der Waals surface area contributed by atoms with E-state index in [2.05, 4.69) is 4.90 Å². The van der Waals surface area contributed by atoms with Crippen LogP contribution in [0, 0.1) is 0 Å². The van der Waals surface area contributed by atoms with Gasteiger partial charge in [0.2, 0.25) is 5.91 Å². The molecule has 2 aromatic heterocycles. The van der Waals surface area contributed by atoms with Crippen LogP contribution in [0.15, 0.2) is 28.7 Å². The molecule has 1 aromatic carbocycles. The number of nitrogens with zero attached hydrogens (tertiary/aromatic N) is 2. The Morgan fingerprint density at radius 2 is 1.90 bits per heavy atom. The number of nitrogens with two attached hydrogens (primary N) is 1. The molecule has 8 heteroatoms. The normalized spacial score (nSPS) is 17.1. The Bertz CT molecular complexity index is 1060. The number of aromatic nitrogens is 1. The summed E-state index contributed by atoms with van der Waals surface area (Å²) >= 11 is 0. The summed E-state index contributed by atoms with van der Waals surface area (Å²) in [4.78, 5) is 13.7. The fourth-order valence-electron chi connectivity index (χ4n) is 4.57. The van der Waals surface area contributed by atoms with Gasteiger partial charge in [-0.3, -0.25) is 9.69 Å². The SMILES string of the molecule is CCn1c2cc(C(F)(F)F)ccc2c2oc(C(CCC(N)=O)N3CCCCC3)cc21. The zero-order valence-corrected chi connectivity index (χ0v) is 17.0. The molecule has 1 aliphatic heterocycles. The molecule has 4 rings (SSSR count). The number of hydrogen-bond donors (Lipinski definition) is 1. The van der Waals surface area contributed by atoms with E-state index in [1.165, 1.54) is 18.6 Å². The minimum absolute atomic E-state index is 0.0694. The summed E-state index contributed by atoms with van der Waals surface area (Å²) in [5.41, 5.74) is 6.61. The maximum atomic E-state index is 13.2. The Morgan fingerprint density at radius 3 is 2.53 bits per heavy atom. The second-order valence-electron chi connectivity index (χ2n) is 7.95. The summed E-state index contributed by atoms with van der Waals surface area (Å²) in [6.07, 6.45) is -0.192. The molecular formula is C22H26F3N3O2. The topological polar surface area (TPSA) is 64.4 Å². The molecule has 2 N–H and O–H groups in total. The summed E-state index contributed by atoms with van der Waals surface area (Å²) in [5, 5.41) is 0.665. The lowest BCUT2D eigenvalue weighted by atomic mass is 10.0. The fourth-order valence-corrected chi connectivity index (χ4v) is 4.57. The highest BCUT2D eigenvalue weighted by Crippen LogP contribution is 2.39. The molecule has 1 atom stereocenters. The Balaban J connectivity index is 1.79. The van der Waals surface area contributed by atoms with E-state index in [1.54, 1.807) is 0 Å². The molecule has 162 valence electrons. The number of benzene rings is 1. The van der Waals surface area contributed by atoms with Gasteiger partial charge in [0, 0.05) is 24.4 Å². The number of alkyl halides is 3. The first kappa shape index (κ1) is 20.8. The van der Waals surface area contributed by atoms with E-state index in [9.17, 15) is 18.0 Å². The van der Waals surface area contributed by atoms with Gasteiger partial charge in [-0.2, -0.15) is 13.2 Å². The summed E-state index contributed by atoms with van der Waals surface area (Å²) in [6.45, 7) is 4.28. The average Bonchev–Trinajstić information content (AvgIpc) is 3.24. The van der Waals surface area contributed by atoms with Crippen molar-refractivity contribution in [2.24, 2.45) is 5.73 Å². The molecule has 0 aliphatic carbocycles. The van der Waals surface area contributed by atoms with Crippen molar-refractivity contribution in [1.29, 1.82) is 0 Å². The molecule has 1 aliphatic rings. The standard InChI is InChI=1S/C22H26F3N3O2/c1-2-28-17-12-14(22(23,24)25)6-7-15(17)21-18(28)13-19(30-21)16(8-9-20(26)29)27-10-4-3-5-11-27/h6-7,12-13,16H,2-5,8-11H2,1H3,(H2,26,29). The zero-order chi connectivity index (χ0) is 21.5. The van der Waals surface area contributed by atoms with Gasteiger partial charge in [-0.05, 0) is 57.5 Å². The van der Waals surface area contributed by atoms with Crippen LogP contribution >= 0.6 is 0 Å². The van der Waals surface area contributed by atoms with Crippen LogP contribution in [0.1, 0.15) is 56.4 Å². The van der Waals surface area contributed by atoms with Crippen molar-refractivity contribution in [3.63, 3.8) is 0 Å². The third-order valence-electron chi connectivity index (χ3n) is 6.02. The average molecular weight is 421 g/mol. The number of rotatable bonds is 6. The van der Waals surface area contributed by atoms with Crippen LogP contribution in [-0.4, -0.2) is 28.5 Å². The van der Waals surface area contributed by atoms with Crippen LogP contribution in [0.2, 0.25) is 0 Å². The lowest BCUT2D eigenvalue weighted by molar-refractivity contribution is -0.137. The minimum atomic E-state index is -4.39. The molecule has 0 spiro atoms. The Hall–Kier alpha value is -2.48. The molecule has 0 radical (unpaired) electrons. The summed E-state index contributed by atoms with van der Waals surface area (Å²) < 4.78 is 47.6. The number of furan rings is 1. The lowest BCUT2D eigenvalue weighted by Gasteiger charge is -2.33. The van der Waals surface area contributed by atoms with E-state index >= 15 is 0 Å². The zero-order valence-electron chi connectivity index (χ0n) is 17.0. The number of hydrogen-bond acceptors (Lipinski definition) is 3. The molecule has 0 bridgehead atoms. The van der Waals surface area contributed by atoms with Gasteiger partial charge < -0.3 is 14.7 Å². The first-order valence-electron chi connectivity index (χ1n) is 10.4. The maximum Gasteiger partial charge on any atom is 0.416 e. The van der Waals surface area contributed by atoms with Crippen molar-refractivity contribution in [2.45, 2.75) is 57.8 Å². The molecular weight excluding hydrogens is 395 g/mol. The van der Waals surface area contributed by atoms with Gasteiger partial charge in [0.15, 0.2) is 5.58 Å². The van der Waals surface area contributed by atoms with Gasteiger partial charge in [0.25, 0.3) is 0 Å². The van der Waals surface area contributed by atoms with Gasteiger partial charge in [0.1, 0.15) is 5.76 Å². The first-order valence-corrected chi connectivity index (χ1v) is 10.4. The first-order chi connectivity index (χ1) is 14.3. The third-order valence-corrected chi connectivity index (χ3v) is 6.02. The largest absolute Gasteiger partial charge is 0.457 e. The number of primary amides is 1. The quantitative estimate of drug-likeness (QED) is 0.594. The molecule has 3 aromatic rings. The van der Waals surface area contributed by atoms with Crippen molar-refractivity contribution >= 4 is 27.9 Å². The maximum absolute atomic E-state index is 13.2. The molecule has 1 amide bonds. The van der Waals surface area contributed by atoms with Gasteiger partial charge in [-0.15, -0.1) is 0 Å². The van der Waals surface area contributed by atoms with E-state index in [1.807, 2.05) is 17.6 Å². The van der Waals surface area contributed by atoms with E-state index in [0.29, 0.717) is 29.5 Å². The number of amides is 1. The number of fused-ring (bicyclic) bond motifs is 3. The van der Waals surface area contributed by atoms with Crippen LogP contribution in [0.25, 0.3) is 22.0 Å². The van der Waals surface area contributed by atoms with Crippen LogP contribution < -0.4 is 5.73 Å². The predicted molar refractivity (Wildman–Crippen MR) is 109 cm³/mol. The summed E-state index contributed by atoms with van der Waals surface area (Å²) in [5.74, 6) is 0.392. The van der Waals surface area contributed by atoms with Crippen LogP contribution in [0.3, 0.4) is 0 Å². The van der Waals surface area contributed by atoms with Gasteiger partial charge >= 0.3 is 6.18 Å². The highest BCUT2D eigenvalue weighted by atomic mass is 19.4. The number of piperidine rings is 1. The van der Waals surface area contributed by atoms with Crippen molar-refractivity contribution in [2.75, 3.05) is 13.1 Å². The number of carbonyl (C=O) groups is 1. The molecule has 1 fully saturated rings. The van der Waals surface area contributed by atoms with E-state index in [-0.39, 0.29) is 18.4 Å². The monoisotopic (exact) mass is 421 g/mol. The van der Waals surface area contributed by atoms with Crippen molar-refractivity contribution in [3.8, 4) is 0 Å². The molecule has 3 heterocycles. The van der Waals surface area contributed by atoms with Gasteiger partial charge in [-0.1, -0.05) is 6.42 Å². The van der Waals surface area contributed by atoms with Crippen LogP contribution in [-0.2, 0) is 17.5 Å². The van der Waals surface area contributed by atoms with Crippen molar-refractivity contribution in [3.05, 3.63) is 35.6 Å². The second kappa shape index (κ2) is 7.98. The second-order valence-corrected chi connectivity index (χ2v) is 7.95. The van der Waals surface area contributed by atoms with Crippen molar-refractivity contribution in [1.82, 2.24) is 9.47 Å². The number of halogens is 3. The van der Waals surface area contributed by atoms with Crippen LogP contribution in [0.5, 0.6) is 0 Å². The third kappa shape index (κ3) is 3.80. The van der Waals surface area contributed by atoms with Gasteiger partial charge in [0.05, 0.1) is 22.6 Å². The Morgan fingerprint density at radius 1 is 1.17 bits per heavy atom. The highest BCUT2D eigenvalue weighted by Gasteiger charge is 2.32. The molecule has 30 heavy (non-hydrogen) atoms. The van der Waals surface area contributed by atoms with Crippen molar-refractivity contribution < 1.29 is 22.4 Å². The van der Waals surface area contributed by atoms with Crippen LogP contribution in [0.4, 0.5) is 13.2 Å². The fraction of sp³-hybridized carbons (Fsp3) is 0.500. The van der Waals surface area contributed by atoms with E-state index < -0.39 is 11.7 Å². The number of likely N-dealkylation sites (tertiary alicyclic amines) is 1. The summed E-state index contributed by atoms with van der Waals surface area (Å²) in [7, 11) is 0. The minimum Gasteiger partial charge on any atom is -0.457 e. The number of aryl methyl sites for hydroxylation is 1. The summed E-state index contributed by atoms with van der Waals surface area (Å²) in [6, 6.07) is 5.62.